The number of hydrogen-bond donors (Lipinski definition) is 1. The summed E-state index contributed by atoms with van der Waals surface area (Å²) in [6, 6.07) is 4.05. The second kappa shape index (κ2) is 3.83. The van der Waals surface area contributed by atoms with E-state index < -0.39 is 0 Å². The summed E-state index contributed by atoms with van der Waals surface area (Å²) in [6.45, 7) is 2.67. The Kier molecular flexibility index (Phi) is 3.02. The highest BCUT2D eigenvalue weighted by atomic mass is 79.9. The number of aryl methyl sites for hydroxylation is 1. The predicted octanol–water partition coefficient (Wildman–Crippen LogP) is 1.65. The minimum Gasteiger partial charge on any atom is -0.330 e. The van der Waals surface area contributed by atoms with Crippen molar-refractivity contribution in [1.29, 1.82) is 0 Å². The summed E-state index contributed by atoms with van der Waals surface area (Å²) in [7, 11) is 0. The fourth-order valence-electron chi connectivity index (χ4n) is 1.01. The van der Waals surface area contributed by atoms with E-state index in [0.29, 0.717) is 6.54 Å². The molecular weight excluding hydrogens is 204 g/mol. The van der Waals surface area contributed by atoms with Gasteiger partial charge in [0.25, 0.3) is 0 Å². The van der Waals surface area contributed by atoms with E-state index in [1.165, 1.54) is 5.56 Å². The lowest BCUT2D eigenvalue weighted by atomic mass is 10.2. The van der Waals surface area contributed by atoms with Crippen LogP contribution in [-0.4, -0.2) is 11.5 Å². The van der Waals surface area contributed by atoms with E-state index in [-0.39, 0.29) is 0 Å². The maximum atomic E-state index is 5.42. The highest BCUT2D eigenvalue weighted by molar-refractivity contribution is 9.10. The lowest BCUT2D eigenvalue weighted by Gasteiger charge is -2.00. The maximum Gasteiger partial charge on any atom is 0.106 e. The standard InChI is InChI=1S/C8H11BrN2/c1-6-4-7(2-3-10)5-8(9)11-6/h4-5H,2-3,10H2,1H3. The zero-order valence-electron chi connectivity index (χ0n) is 6.47. The minimum atomic E-state index is 0.690. The number of rotatable bonds is 2. The van der Waals surface area contributed by atoms with E-state index in [1.54, 1.807) is 0 Å². The molecule has 0 unspecified atom stereocenters. The van der Waals surface area contributed by atoms with Gasteiger partial charge in [-0.15, -0.1) is 0 Å². The molecule has 0 aromatic carbocycles. The van der Waals surface area contributed by atoms with Crippen molar-refractivity contribution in [2.24, 2.45) is 5.73 Å². The molecule has 0 saturated heterocycles. The first kappa shape index (κ1) is 8.68. The first-order valence-corrected chi connectivity index (χ1v) is 4.35. The SMILES string of the molecule is Cc1cc(CCN)cc(Br)n1. The van der Waals surface area contributed by atoms with E-state index >= 15 is 0 Å². The van der Waals surface area contributed by atoms with Crippen LogP contribution in [0.2, 0.25) is 0 Å². The number of nitrogens with two attached hydrogens (primary N) is 1. The highest BCUT2D eigenvalue weighted by Crippen LogP contribution is 2.10. The largest absolute Gasteiger partial charge is 0.330 e. The molecule has 0 aliphatic carbocycles. The van der Waals surface area contributed by atoms with Crippen LogP contribution in [0.5, 0.6) is 0 Å². The summed E-state index contributed by atoms with van der Waals surface area (Å²) in [4.78, 5) is 4.19. The molecule has 0 fully saturated rings. The summed E-state index contributed by atoms with van der Waals surface area (Å²) >= 11 is 3.33. The van der Waals surface area contributed by atoms with E-state index in [0.717, 1.165) is 16.7 Å². The monoisotopic (exact) mass is 214 g/mol. The van der Waals surface area contributed by atoms with Gasteiger partial charge in [-0.25, -0.2) is 4.98 Å². The van der Waals surface area contributed by atoms with Gasteiger partial charge in [-0.2, -0.15) is 0 Å². The zero-order chi connectivity index (χ0) is 8.27. The summed E-state index contributed by atoms with van der Waals surface area (Å²) in [6.07, 6.45) is 0.919. The van der Waals surface area contributed by atoms with Gasteiger partial charge >= 0.3 is 0 Å². The third-order valence-corrected chi connectivity index (χ3v) is 1.82. The van der Waals surface area contributed by atoms with Crippen molar-refractivity contribution in [3.05, 3.63) is 28.0 Å². The third-order valence-electron chi connectivity index (χ3n) is 1.41. The molecule has 0 amide bonds. The number of aromatic nitrogens is 1. The second-order valence-corrected chi connectivity index (χ2v) is 3.29. The fourth-order valence-corrected chi connectivity index (χ4v) is 1.58. The number of nitrogens with zero attached hydrogens (tertiary/aromatic N) is 1. The van der Waals surface area contributed by atoms with Crippen LogP contribution in [0.4, 0.5) is 0 Å². The van der Waals surface area contributed by atoms with Gasteiger partial charge in [-0.05, 0) is 53.5 Å². The van der Waals surface area contributed by atoms with Crippen LogP contribution in [0.25, 0.3) is 0 Å². The van der Waals surface area contributed by atoms with Crippen LogP contribution in [-0.2, 0) is 6.42 Å². The Bertz CT molecular complexity index is 228. The average molecular weight is 215 g/mol. The number of pyridine rings is 1. The lowest BCUT2D eigenvalue weighted by Crippen LogP contribution is -2.03. The first-order chi connectivity index (χ1) is 5.22. The Balaban J connectivity index is 2.89. The van der Waals surface area contributed by atoms with Crippen LogP contribution >= 0.6 is 15.9 Å². The molecule has 2 nitrogen and oxygen atoms in total. The topological polar surface area (TPSA) is 38.9 Å². The molecule has 0 saturated carbocycles. The lowest BCUT2D eigenvalue weighted by molar-refractivity contribution is 0.955. The van der Waals surface area contributed by atoms with Gasteiger partial charge < -0.3 is 5.73 Å². The van der Waals surface area contributed by atoms with Crippen molar-refractivity contribution in [2.75, 3.05) is 6.54 Å². The molecular formula is C8H11BrN2. The van der Waals surface area contributed by atoms with Gasteiger partial charge in [-0.1, -0.05) is 0 Å². The third kappa shape index (κ3) is 2.60. The molecule has 60 valence electrons. The Morgan fingerprint density at radius 2 is 2.27 bits per heavy atom. The van der Waals surface area contributed by atoms with Crippen LogP contribution < -0.4 is 5.73 Å². The molecule has 0 bridgehead atoms. The summed E-state index contributed by atoms with van der Waals surface area (Å²) in [5.74, 6) is 0. The molecule has 1 heterocycles. The molecule has 0 aliphatic rings. The van der Waals surface area contributed by atoms with Gasteiger partial charge in [-0.3, -0.25) is 0 Å². The molecule has 0 spiro atoms. The molecule has 0 radical (unpaired) electrons. The molecule has 2 N–H and O–H groups in total. The van der Waals surface area contributed by atoms with Crippen molar-refractivity contribution in [3.8, 4) is 0 Å². The number of hydrogen-bond acceptors (Lipinski definition) is 2. The van der Waals surface area contributed by atoms with E-state index in [9.17, 15) is 0 Å². The van der Waals surface area contributed by atoms with Gasteiger partial charge in [0.05, 0.1) is 0 Å². The smallest absolute Gasteiger partial charge is 0.106 e. The Morgan fingerprint density at radius 3 is 2.82 bits per heavy atom. The molecule has 1 rings (SSSR count). The summed E-state index contributed by atoms with van der Waals surface area (Å²) < 4.78 is 0.890. The van der Waals surface area contributed by atoms with Crippen molar-refractivity contribution in [1.82, 2.24) is 4.98 Å². The maximum absolute atomic E-state index is 5.42. The molecule has 11 heavy (non-hydrogen) atoms. The molecule has 1 aromatic rings. The van der Waals surface area contributed by atoms with E-state index in [4.69, 9.17) is 5.73 Å². The Hall–Kier alpha value is -0.410. The van der Waals surface area contributed by atoms with Crippen molar-refractivity contribution in [2.45, 2.75) is 13.3 Å². The zero-order valence-corrected chi connectivity index (χ0v) is 8.06. The highest BCUT2D eigenvalue weighted by Gasteiger charge is 1.95. The van der Waals surface area contributed by atoms with Crippen LogP contribution in [0.1, 0.15) is 11.3 Å². The fraction of sp³-hybridized carbons (Fsp3) is 0.375. The Labute approximate surface area is 75.0 Å². The second-order valence-electron chi connectivity index (χ2n) is 2.48. The van der Waals surface area contributed by atoms with Crippen LogP contribution in [0.15, 0.2) is 16.7 Å². The van der Waals surface area contributed by atoms with Crippen molar-refractivity contribution in [3.63, 3.8) is 0 Å². The Morgan fingerprint density at radius 1 is 1.55 bits per heavy atom. The average Bonchev–Trinajstić information content (AvgIpc) is 1.85. The normalized spacial score (nSPS) is 10.1. The molecule has 0 atom stereocenters. The summed E-state index contributed by atoms with van der Waals surface area (Å²) in [5.41, 5.74) is 7.70. The first-order valence-electron chi connectivity index (χ1n) is 3.55. The van der Waals surface area contributed by atoms with Crippen molar-refractivity contribution >= 4 is 15.9 Å². The number of halogens is 1. The van der Waals surface area contributed by atoms with Gasteiger partial charge in [0, 0.05) is 5.69 Å². The molecule has 0 aliphatic heterocycles. The van der Waals surface area contributed by atoms with Crippen LogP contribution in [0, 0.1) is 6.92 Å². The van der Waals surface area contributed by atoms with Crippen molar-refractivity contribution < 1.29 is 0 Å². The predicted molar refractivity (Wildman–Crippen MR) is 49.4 cm³/mol. The van der Waals surface area contributed by atoms with Gasteiger partial charge in [0.1, 0.15) is 4.60 Å². The summed E-state index contributed by atoms with van der Waals surface area (Å²) in [5, 5.41) is 0. The van der Waals surface area contributed by atoms with Gasteiger partial charge in [0.15, 0.2) is 0 Å². The molecule has 1 aromatic heterocycles. The molecule has 3 heteroatoms. The van der Waals surface area contributed by atoms with E-state index in [1.807, 2.05) is 13.0 Å². The minimum absolute atomic E-state index is 0.690. The van der Waals surface area contributed by atoms with Gasteiger partial charge in [0.2, 0.25) is 0 Å². The quantitative estimate of drug-likeness (QED) is 0.762. The van der Waals surface area contributed by atoms with Crippen LogP contribution in [0.3, 0.4) is 0 Å². The van der Waals surface area contributed by atoms with E-state index in [2.05, 4.69) is 27.0 Å².